The average molecular weight is 846 g/mol. The summed E-state index contributed by atoms with van der Waals surface area (Å²) in [7, 11) is 0. The molecule has 1 aliphatic carbocycles. The monoisotopic (exact) mass is 845 g/mol. The van der Waals surface area contributed by atoms with Crippen molar-refractivity contribution in [1.29, 1.82) is 0 Å². The maximum Gasteiger partial charge on any atom is 0.0465 e. The van der Waals surface area contributed by atoms with Crippen LogP contribution in [0, 0.1) is 20.8 Å². The Morgan fingerprint density at radius 1 is 0.297 bits per heavy atom. The number of para-hydroxylation sites is 1. The Balaban J connectivity index is 0.990. The number of hydrogen-bond donors (Lipinski definition) is 0. The van der Waals surface area contributed by atoms with Crippen LogP contribution in [0.3, 0.4) is 0 Å². The molecule has 0 fully saturated rings. The van der Waals surface area contributed by atoms with Crippen molar-refractivity contribution >= 4 is 62.9 Å². The maximum atomic E-state index is 2.41. The fourth-order valence-electron chi connectivity index (χ4n) is 9.26. The van der Waals surface area contributed by atoms with E-state index in [0.29, 0.717) is 0 Å². The summed E-state index contributed by atoms with van der Waals surface area (Å²) in [6.07, 6.45) is 0. The second-order valence-electron chi connectivity index (χ2n) is 17.4. The zero-order valence-electron chi connectivity index (χ0n) is 37.0. The third kappa shape index (κ3) is 7.98. The molecule has 0 aliphatic heterocycles. The van der Waals surface area contributed by atoms with Gasteiger partial charge in [-0.1, -0.05) is 111 Å². The van der Waals surface area contributed by atoms with Crippen LogP contribution in [0.5, 0.6) is 0 Å². The molecule has 0 saturated heterocycles. The van der Waals surface area contributed by atoms with Crippen LogP contribution in [0.2, 0.25) is 0 Å². The van der Waals surface area contributed by atoms with Crippen LogP contribution in [0.25, 0.3) is 11.1 Å². The molecule has 0 unspecified atom stereocenters. The minimum absolute atomic E-state index is 0.117. The molecule has 9 aromatic carbocycles. The quantitative estimate of drug-likeness (QED) is 0.128. The Morgan fingerprint density at radius 2 is 0.641 bits per heavy atom. The summed E-state index contributed by atoms with van der Waals surface area (Å²) in [6.45, 7) is 11.2. The highest BCUT2D eigenvalue weighted by Crippen LogP contribution is 2.51. The molecule has 0 radical (unpaired) electrons. The van der Waals surface area contributed by atoms with E-state index in [4.69, 9.17) is 0 Å². The van der Waals surface area contributed by atoms with E-state index in [1.54, 1.807) is 11.8 Å². The van der Waals surface area contributed by atoms with E-state index in [-0.39, 0.29) is 5.41 Å². The largest absolute Gasteiger partial charge is 0.310 e. The number of benzene rings is 9. The van der Waals surface area contributed by atoms with Crippen LogP contribution in [0.15, 0.2) is 228 Å². The minimum atomic E-state index is -0.117. The molecular formula is C60H51N3S. The molecule has 1 aliphatic rings. The molecule has 64 heavy (non-hydrogen) atoms. The summed E-state index contributed by atoms with van der Waals surface area (Å²) in [5.74, 6) is 0. The Hall–Kier alpha value is -7.27. The van der Waals surface area contributed by atoms with Gasteiger partial charge in [-0.2, -0.15) is 0 Å². The van der Waals surface area contributed by atoms with Crippen molar-refractivity contribution in [2.24, 2.45) is 0 Å². The highest BCUT2D eigenvalue weighted by Gasteiger charge is 2.35. The lowest BCUT2D eigenvalue weighted by atomic mass is 9.82. The number of fused-ring (bicyclic) bond motifs is 3. The first-order valence-electron chi connectivity index (χ1n) is 22.1. The van der Waals surface area contributed by atoms with Gasteiger partial charge in [-0.25, -0.2) is 0 Å². The highest BCUT2D eigenvalue weighted by molar-refractivity contribution is 7.99. The number of nitrogens with zero attached hydrogens (tertiary/aromatic N) is 3. The summed E-state index contributed by atoms with van der Waals surface area (Å²) >= 11 is 1.78. The van der Waals surface area contributed by atoms with Gasteiger partial charge in [-0.05, 0) is 193 Å². The Labute approximate surface area is 382 Å². The van der Waals surface area contributed by atoms with Gasteiger partial charge < -0.3 is 14.7 Å². The van der Waals surface area contributed by atoms with Gasteiger partial charge in [-0.15, -0.1) is 0 Å². The zero-order valence-corrected chi connectivity index (χ0v) is 37.9. The zero-order chi connectivity index (χ0) is 43.8. The molecule has 0 bridgehead atoms. The lowest BCUT2D eigenvalue weighted by molar-refractivity contribution is 0.660. The smallest absolute Gasteiger partial charge is 0.0465 e. The number of rotatable bonds is 11. The van der Waals surface area contributed by atoms with Gasteiger partial charge in [0.1, 0.15) is 0 Å². The second kappa shape index (κ2) is 17.1. The molecular weight excluding hydrogens is 795 g/mol. The molecule has 0 atom stereocenters. The van der Waals surface area contributed by atoms with Crippen molar-refractivity contribution in [3.05, 3.63) is 246 Å². The van der Waals surface area contributed by atoms with Gasteiger partial charge in [0.25, 0.3) is 0 Å². The van der Waals surface area contributed by atoms with Gasteiger partial charge in [0.15, 0.2) is 0 Å². The van der Waals surface area contributed by atoms with Crippen LogP contribution in [0.4, 0.5) is 51.2 Å². The highest BCUT2D eigenvalue weighted by atomic mass is 32.2. The summed E-state index contributed by atoms with van der Waals surface area (Å²) in [5, 5.41) is 0. The maximum absolute atomic E-state index is 2.41. The third-order valence-electron chi connectivity index (χ3n) is 12.4. The first-order valence-corrected chi connectivity index (χ1v) is 22.9. The lowest BCUT2D eigenvalue weighted by Crippen LogP contribution is -2.16. The number of anilines is 9. The van der Waals surface area contributed by atoms with Crippen molar-refractivity contribution in [1.82, 2.24) is 0 Å². The van der Waals surface area contributed by atoms with Gasteiger partial charge in [-0.3, -0.25) is 0 Å². The molecule has 3 nitrogen and oxygen atoms in total. The van der Waals surface area contributed by atoms with Crippen molar-refractivity contribution in [2.75, 3.05) is 14.7 Å². The van der Waals surface area contributed by atoms with E-state index < -0.39 is 0 Å². The van der Waals surface area contributed by atoms with Crippen LogP contribution in [-0.2, 0) is 5.41 Å². The molecule has 0 N–H and O–H groups in total. The molecule has 10 rings (SSSR count). The van der Waals surface area contributed by atoms with Gasteiger partial charge in [0.05, 0.1) is 0 Å². The number of hydrogen-bond acceptors (Lipinski definition) is 4. The number of aryl methyl sites for hydroxylation is 3. The summed E-state index contributed by atoms with van der Waals surface area (Å²) in [5.41, 5.74) is 19.1. The summed E-state index contributed by atoms with van der Waals surface area (Å²) < 4.78 is 0. The van der Waals surface area contributed by atoms with Crippen LogP contribution < -0.4 is 14.7 Å². The lowest BCUT2D eigenvalue weighted by Gasteiger charge is -2.30. The average Bonchev–Trinajstić information content (AvgIpc) is 3.54. The third-order valence-corrected chi connectivity index (χ3v) is 13.4. The summed E-state index contributed by atoms with van der Waals surface area (Å²) in [6, 6.07) is 79.6. The van der Waals surface area contributed by atoms with E-state index in [2.05, 4.69) is 268 Å². The molecule has 9 aromatic rings. The Kier molecular flexibility index (Phi) is 10.9. The molecule has 0 amide bonds. The van der Waals surface area contributed by atoms with Crippen LogP contribution in [-0.4, -0.2) is 0 Å². The standard InChI is InChI=1S/C60H51N3S/c1-42-14-11-19-50(38-42)61(45-17-7-6-8-18-45)48-28-33-54(34-29-48)64-55-35-30-49(31-36-55)62(53-32-37-57-56-22-9-10-23-58(56)60(4,5)59(57)41-53)46-24-26-47(27-25-46)63(51-20-12-15-43(2)39-51)52-21-13-16-44(3)40-52/h6-41H,1-5H3. The second-order valence-corrected chi connectivity index (χ2v) is 18.5. The first-order chi connectivity index (χ1) is 31.2. The van der Waals surface area contributed by atoms with E-state index in [1.165, 1.54) is 48.7 Å². The molecule has 0 heterocycles. The van der Waals surface area contributed by atoms with Crippen LogP contribution >= 0.6 is 11.8 Å². The van der Waals surface area contributed by atoms with E-state index in [0.717, 1.165) is 51.2 Å². The van der Waals surface area contributed by atoms with E-state index in [9.17, 15) is 0 Å². The van der Waals surface area contributed by atoms with Gasteiger partial charge >= 0.3 is 0 Å². The fourth-order valence-corrected chi connectivity index (χ4v) is 10.1. The normalized spacial score (nSPS) is 12.3. The fraction of sp³-hybridized carbons (Fsp3) is 0.100. The molecule has 4 heteroatoms. The molecule has 312 valence electrons. The van der Waals surface area contributed by atoms with Gasteiger partial charge in [0.2, 0.25) is 0 Å². The summed E-state index contributed by atoms with van der Waals surface area (Å²) in [4.78, 5) is 9.44. The molecule has 0 saturated carbocycles. The molecule has 0 spiro atoms. The van der Waals surface area contributed by atoms with E-state index >= 15 is 0 Å². The Bertz CT molecular complexity index is 3040. The predicted octanol–water partition coefficient (Wildman–Crippen LogP) is 17.5. The van der Waals surface area contributed by atoms with Crippen molar-refractivity contribution in [2.45, 2.75) is 49.8 Å². The van der Waals surface area contributed by atoms with Crippen molar-refractivity contribution in [3.8, 4) is 11.1 Å². The Morgan fingerprint density at radius 3 is 1.11 bits per heavy atom. The minimum Gasteiger partial charge on any atom is -0.310 e. The van der Waals surface area contributed by atoms with Crippen molar-refractivity contribution < 1.29 is 0 Å². The predicted molar refractivity (Wildman–Crippen MR) is 273 cm³/mol. The van der Waals surface area contributed by atoms with Crippen LogP contribution in [0.1, 0.15) is 41.7 Å². The molecule has 0 aromatic heterocycles. The SMILES string of the molecule is Cc1cccc(N(c2ccccc2)c2ccc(Sc3ccc(N(c4ccc(N(c5cccc(C)c5)c5cccc(C)c5)cc4)c4ccc5c(c4)C(C)(C)c4ccccc4-5)cc3)cc2)c1. The topological polar surface area (TPSA) is 9.72 Å². The first kappa shape index (κ1) is 40.8. The van der Waals surface area contributed by atoms with Gasteiger partial charge in [0, 0.05) is 66.4 Å². The van der Waals surface area contributed by atoms with E-state index in [1.807, 2.05) is 0 Å². The van der Waals surface area contributed by atoms with Crippen molar-refractivity contribution in [3.63, 3.8) is 0 Å².